The Balaban J connectivity index is 1.68. The molecule has 3 rings (SSSR count). The van der Waals surface area contributed by atoms with Gasteiger partial charge in [-0.15, -0.1) is 0 Å². The summed E-state index contributed by atoms with van der Waals surface area (Å²) in [5.74, 6) is 0.0747. The smallest absolute Gasteiger partial charge is 0.259 e. The number of rotatable bonds is 5. The molecular formula is C26H27BrN2O3. The second kappa shape index (κ2) is 9.57. The number of methoxy groups -OCH3 is 1. The fraction of sp³-hybridized carbons (Fsp3) is 0.231. The van der Waals surface area contributed by atoms with E-state index in [9.17, 15) is 9.59 Å². The zero-order valence-electron chi connectivity index (χ0n) is 18.9. The fourth-order valence-corrected chi connectivity index (χ4v) is 3.90. The van der Waals surface area contributed by atoms with Crippen LogP contribution in [0.2, 0.25) is 0 Å². The molecule has 0 radical (unpaired) electrons. The molecule has 0 aliphatic carbocycles. The lowest BCUT2D eigenvalue weighted by Gasteiger charge is -2.19. The van der Waals surface area contributed by atoms with Gasteiger partial charge in [-0.3, -0.25) is 9.59 Å². The van der Waals surface area contributed by atoms with Gasteiger partial charge in [-0.1, -0.05) is 48.8 Å². The minimum atomic E-state index is -0.276. The maximum Gasteiger partial charge on any atom is 0.259 e. The highest BCUT2D eigenvalue weighted by atomic mass is 79.9. The van der Waals surface area contributed by atoms with Crippen molar-refractivity contribution < 1.29 is 14.3 Å². The predicted octanol–water partition coefficient (Wildman–Crippen LogP) is 6.57. The van der Waals surface area contributed by atoms with Crippen LogP contribution >= 0.6 is 15.9 Å². The van der Waals surface area contributed by atoms with Crippen molar-refractivity contribution in [2.24, 2.45) is 0 Å². The number of halogens is 1. The van der Waals surface area contributed by atoms with Gasteiger partial charge in [0, 0.05) is 21.4 Å². The van der Waals surface area contributed by atoms with Gasteiger partial charge in [0.1, 0.15) is 5.75 Å². The number of hydrogen-bond donors (Lipinski definition) is 2. The number of ether oxygens (including phenoxy) is 1. The van der Waals surface area contributed by atoms with Crippen molar-refractivity contribution in [2.45, 2.75) is 33.1 Å². The minimum Gasteiger partial charge on any atom is -0.496 e. The summed E-state index contributed by atoms with van der Waals surface area (Å²) in [7, 11) is 1.54. The van der Waals surface area contributed by atoms with E-state index in [1.54, 1.807) is 37.4 Å². The summed E-state index contributed by atoms with van der Waals surface area (Å²) in [5.41, 5.74) is 4.36. The number of benzene rings is 3. The zero-order valence-corrected chi connectivity index (χ0v) is 20.5. The molecule has 0 heterocycles. The number of carbonyl (C=O) groups is 2. The Labute approximate surface area is 197 Å². The Morgan fingerprint density at radius 2 is 1.38 bits per heavy atom. The number of carbonyl (C=O) groups excluding carboxylic acids is 2. The van der Waals surface area contributed by atoms with Gasteiger partial charge in [0.05, 0.1) is 12.7 Å². The SMILES string of the molecule is COc1c(C)cc(Br)cc1C(=O)Nc1ccc(NC(=O)c2ccc(C(C)(C)C)cc2)cc1. The Morgan fingerprint density at radius 1 is 0.844 bits per heavy atom. The first-order valence-corrected chi connectivity index (χ1v) is 11.1. The van der Waals surface area contributed by atoms with Gasteiger partial charge in [-0.05, 0) is 72.0 Å². The zero-order chi connectivity index (χ0) is 23.5. The van der Waals surface area contributed by atoms with E-state index in [0.717, 1.165) is 10.0 Å². The normalized spacial score (nSPS) is 11.1. The first-order chi connectivity index (χ1) is 15.1. The van der Waals surface area contributed by atoms with Crippen molar-refractivity contribution in [3.05, 3.63) is 87.4 Å². The van der Waals surface area contributed by atoms with Crippen molar-refractivity contribution in [1.82, 2.24) is 0 Å². The van der Waals surface area contributed by atoms with Crippen LogP contribution in [0.25, 0.3) is 0 Å². The molecule has 0 aliphatic heterocycles. The van der Waals surface area contributed by atoms with Crippen molar-refractivity contribution >= 4 is 39.1 Å². The van der Waals surface area contributed by atoms with Crippen LogP contribution in [0.3, 0.4) is 0 Å². The number of amides is 2. The third kappa shape index (κ3) is 5.56. The highest BCUT2D eigenvalue weighted by Gasteiger charge is 2.17. The molecule has 5 nitrogen and oxygen atoms in total. The number of nitrogens with one attached hydrogen (secondary N) is 2. The molecule has 2 amide bonds. The molecule has 32 heavy (non-hydrogen) atoms. The van der Waals surface area contributed by atoms with Gasteiger partial charge in [0.2, 0.25) is 0 Å². The minimum absolute atomic E-state index is 0.0355. The average Bonchev–Trinajstić information content (AvgIpc) is 2.74. The van der Waals surface area contributed by atoms with Crippen LogP contribution in [-0.2, 0) is 5.41 Å². The average molecular weight is 495 g/mol. The first-order valence-electron chi connectivity index (χ1n) is 10.3. The molecular weight excluding hydrogens is 468 g/mol. The largest absolute Gasteiger partial charge is 0.496 e. The van der Waals surface area contributed by atoms with Crippen LogP contribution in [0.5, 0.6) is 5.75 Å². The first kappa shape index (κ1) is 23.5. The van der Waals surface area contributed by atoms with E-state index < -0.39 is 0 Å². The summed E-state index contributed by atoms with van der Waals surface area (Å²) in [6, 6.07) is 18.2. The molecule has 2 N–H and O–H groups in total. The number of aryl methyl sites for hydroxylation is 1. The van der Waals surface area contributed by atoms with Crippen LogP contribution in [0.1, 0.15) is 52.6 Å². The van der Waals surface area contributed by atoms with E-state index >= 15 is 0 Å². The highest BCUT2D eigenvalue weighted by molar-refractivity contribution is 9.10. The monoisotopic (exact) mass is 494 g/mol. The van der Waals surface area contributed by atoms with Gasteiger partial charge in [0.15, 0.2) is 0 Å². The molecule has 3 aromatic rings. The Morgan fingerprint density at radius 3 is 1.88 bits per heavy atom. The molecule has 6 heteroatoms. The summed E-state index contributed by atoms with van der Waals surface area (Å²) >= 11 is 3.42. The quantitative estimate of drug-likeness (QED) is 0.421. The van der Waals surface area contributed by atoms with Gasteiger partial charge in [-0.2, -0.15) is 0 Å². The van der Waals surface area contributed by atoms with Crippen molar-refractivity contribution in [3.8, 4) is 5.75 Å². The van der Waals surface area contributed by atoms with Crippen molar-refractivity contribution in [2.75, 3.05) is 17.7 Å². The Bertz CT molecular complexity index is 1130. The maximum atomic E-state index is 12.8. The molecule has 0 fully saturated rings. The Kier molecular flexibility index (Phi) is 7.04. The second-order valence-corrected chi connectivity index (χ2v) is 9.53. The lowest BCUT2D eigenvalue weighted by Crippen LogP contribution is -2.15. The van der Waals surface area contributed by atoms with Crippen LogP contribution in [0.15, 0.2) is 65.1 Å². The molecule has 0 aliphatic rings. The van der Waals surface area contributed by atoms with Gasteiger partial charge >= 0.3 is 0 Å². The van der Waals surface area contributed by atoms with Crippen LogP contribution < -0.4 is 15.4 Å². The van der Waals surface area contributed by atoms with Crippen LogP contribution in [0, 0.1) is 6.92 Å². The van der Waals surface area contributed by atoms with Gasteiger partial charge < -0.3 is 15.4 Å². The van der Waals surface area contributed by atoms with Crippen molar-refractivity contribution in [3.63, 3.8) is 0 Å². The lowest BCUT2D eigenvalue weighted by atomic mass is 9.87. The third-order valence-electron chi connectivity index (χ3n) is 5.10. The van der Waals surface area contributed by atoms with E-state index in [1.165, 1.54) is 5.56 Å². The summed E-state index contributed by atoms with van der Waals surface area (Å²) in [5, 5.41) is 5.75. The molecule has 0 aromatic heterocycles. The molecule has 3 aromatic carbocycles. The summed E-state index contributed by atoms with van der Waals surface area (Å²) in [6.07, 6.45) is 0. The topological polar surface area (TPSA) is 67.4 Å². The van der Waals surface area contributed by atoms with Crippen molar-refractivity contribution in [1.29, 1.82) is 0 Å². The summed E-state index contributed by atoms with van der Waals surface area (Å²) in [6.45, 7) is 8.29. The molecule has 0 unspecified atom stereocenters. The molecule has 0 saturated heterocycles. The predicted molar refractivity (Wildman–Crippen MR) is 133 cm³/mol. The number of anilines is 2. The second-order valence-electron chi connectivity index (χ2n) is 8.62. The maximum absolute atomic E-state index is 12.8. The van der Waals surface area contributed by atoms with E-state index in [4.69, 9.17) is 4.74 Å². The summed E-state index contributed by atoms with van der Waals surface area (Å²) < 4.78 is 6.19. The molecule has 166 valence electrons. The fourth-order valence-electron chi connectivity index (χ4n) is 3.33. The molecule has 0 atom stereocenters. The molecule has 0 bridgehead atoms. The molecule has 0 spiro atoms. The van der Waals surface area contributed by atoms with E-state index in [1.807, 2.05) is 37.3 Å². The van der Waals surface area contributed by atoms with Gasteiger partial charge in [0.25, 0.3) is 11.8 Å². The van der Waals surface area contributed by atoms with E-state index in [0.29, 0.717) is 28.3 Å². The van der Waals surface area contributed by atoms with Crippen LogP contribution in [0.4, 0.5) is 11.4 Å². The van der Waals surface area contributed by atoms with Crippen LogP contribution in [-0.4, -0.2) is 18.9 Å². The number of hydrogen-bond acceptors (Lipinski definition) is 3. The Hall–Kier alpha value is -3.12. The molecule has 0 saturated carbocycles. The standard InChI is InChI=1S/C26H27BrN2O3/c1-16-14-19(27)15-22(23(16)32-5)25(31)29-21-12-10-20(11-13-21)28-24(30)17-6-8-18(9-7-17)26(2,3)4/h6-15H,1-5H3,(H,28,30)(H,29,31). The van der Waals surface area contributed by atoms with Gasteiger partial charge in [-0.25, -0.2) is 0 Å². The highest BCUT2D eigenvalue weighted by Crippen LogP contribution is 2.29. The summed E-state index contributed by atoms with van der Waals surface area (Å²) in [4.78, 5) is 25.3. The van der Waals surface area contributed by atoms with E-state index in [-0.39, 0.29) is 17.2 Å². The third-order valence-corrected chi connectivity index (χ3v) is 5.56. The van der Waals surface area contributed by atoms with E-state index in [2.05, 4.69) is 47.3 Å². The lowest BCUT2D eigenvalue weighted by molar-refractivity contribution is 0.101.